The maximum atomic E-state index is 14.7. The standard InChI is InChI=1S/C29H29ClF6N6O3/c30-19-9-17(43)10-20(22(19)29(34,35)36)42-21(28(31,32)33)11-18-23(25(42)44)38-26(45-14-27-5-1-7-40(27)8-2-6-27)39-24(18)41-13-15-3-4-16(41)12-37-15/h9-11,15-16,37,43H,1-8,12-14H2/i14D2. The second-order valence-electron chi connectivity index (χ2n) is 12.0. The van der Waals surface area contributed by atoms with E-state index in [1.807, 2.05) is 4.90 Å². The average molecular weight is 661 g/mol. The van der Waals surface area contributed by atoms with Crippen molar-refractivity contribution in [3.63, 3.8) is 0 Å². The van der Waals surface area contributed by atoms with Gasteiger partial charge in [-0.1, -0.05) is 11.6 Å². The number of nitrogens with zero attached hydrogens (tertiary/aromatic N) is 5. The number of pyridine rings is 1. The molecule has 0 amide bonds. The van der Waals surface area contributed by atoms with Gasteiger partial charge in [0.25, 0.3) is 5.56 Å². The van der Waals surface area contributed by atoms with Gasteiger partial charge in [-0.15, -0.1) is 0 Å². The number of piperazine rings is 1. The van der Waals surface area contributed by atoms with Gasteiger partial charge in [0.2, 0.25) is 0 Å². The largest absolute Gasteiger partial charge is 0.508 e. The lowest BCUT2D eigenvalue weighted by Gasteiger charge is -2.46. The van der Waals surface area contributed by atoms with E-state index in [0.29, 0.717) is 63.6 Å². The molecule has 5 saturated heterocycles. The van der Waals surface area contributed by atoms with Gasteiger partial charge >= 0.3 is 18.4 Å². The predicted molar refractivity (Wildman–Crippen MR) is 152 cm³/mol. The maximum absolute atomic E-state index is 14.7. The molecule has 7 heterocycles. The molecule has 45 heavy (non-hydrogen) atoms. The summed E-state index contributed by atoms with van der Waals surface area (Å²) in [6.45, 7) is -0.331. The van der Waals surface area contributed by atoms with Gasteiger partial charge in [-0.3, -0.25) is 14.3 Å². The van der Waals surface area contributed by atoms with Gasteiger partial charge in [-0.05, 0) is 63.7 Å². The van der Waals surface area contributed by atoms with Crippen LogP contribution in [-0.4, -0.2) is 74.9 Å². The summed E-state index contributed by atoms with van der Waals surface area (Å²) in [6.07, 6.45) is -6.87. The summed E-state index contributed by atoms with van der Waals surface area (Å²) in [5.74, 6) is -1.03. The van der Waals surface area contributed by atoms with Crippen LogP contribution in [-0.2, 0) is 12.4 Å². The number of halogens is 7. The smallest absolute Gasteiger partial charge is 0.431 e. The van der Waals surface area contributed by atoms with Crippen LogP contribution in [0.3, 0.4) is 0 Å². The molecule has 3 aromatic rings. The van der Waals surface area contributed by atoms with Crippen molar-refractivity contribution in [1.82, 2.24) is 24.8 Å². The molecule has 9 nitrogen and oxygen atoms in total. The highest BCUT2D eigenvalue weighted by Gasteiger charge is 2.46. The quantitative estimate of drug-likeness (QED) is 0.364. The minimum atomic E-state index is -5.37. The predicted octanol–water partition coefficient (Wildman–Crippen LogP) is 5.13. The van der Waals surface area contributed by atoms with E-state index >= 15 is 0 Å². The lowest BCUT2D eigenvalue weighted by Crippen LogP contribution is -2.61. The molecular formula is C29H29ClF6N6O3. The van der Waals surface area contributed by atoms with E-state index in [0.717, 1.165) is 19.3 Å². The van der Waals surface area contributed by atoms with Crippen LogP contribution in [0.25, 0.3) is 16.6 Å². The Morgan fingerprint density at radius 3 is 2.42 bits per heavy atom. The highest BCUT2D eigenvalue weighted by Crippen LogP contribution is 2.44. The number of phenolic OH excluding ortho intramolecular Hbond substituents is 1. The van der Waals surface area contributed by atoms with E-state index in [4.69, 9.17) is 19.1 Å². The van der Waals surface area contributed by atoms with E-state index in [9.17, 15) is 36.2 Å². The first-order chi connectivity index (χ1) is 22.0. The Morgan fingerprint density at radius 1 is 1.09 bits per heavy atom. The van der Waals surface area contributed by atoms with Crippen LogP contribution < -0.4 is 20.5 Å². The van der Waals surface area contributed by atoms with Crippen molar-refractivity contribution < 1.29 is 38.9 Å². The van der Waals surface area contributed by atoms with Crippen LogP contribution in [0.1, 0.15) is 52.5 Å². The number of hydrogen-bond acceptors (Lipinski definition) is 8. The second kappa shape index (κ2) is 10.6. The van der Waals surface area contributed by atoms with Crippen LogP contribution >= 0.6 is 11.6 Å². The molecule has 2 unspecified atom stereocenters. The summed E-state index contributed by atoms with van der Waals surface area (Å²) in [5, 5.41) is 11.9. The fourth-order valence-corrected chi connectivity index (χ4v) is 7.59. The Hall–Kier alpha value is -3.30. The molecule has 5 aliphatic rings. The molecule has 1 aromatic carbocycles. The first-order valence-corrected chi connectivity index (χ1v) is 15.0. The summed E-state index contributed by atoms with van der Waals surface area (Å²) >= 11 is 5.79. The van der Waals surface area contributed by atoms with Crippen LogP contribution in [0.5, 0.6) is 11.8 Å². The molecule has 2 aromatic heterocycles. The van der Waals surface area contributed by atoms with Crippen molar-refractivity contribution in [1.29, 1.82) is 0 Å². The number of alkyl halides is 6. The highest BCUT2D eigenvalue weighted by molar-refractivity contribution is 6.31. The second-order valence-corrected chi connectivity index (χ2v) is 12.4. The fraction of sp³-hybridized carbons (Fsp3) is 0.552. The number of nitrogens with one attached hydrogen (secondary N) is 1. The number of aromatic hydroxyl groups is 1. The molecule has 8 rings (SSSR count). The van der Waals surface area contributed by atoms with Gasteiger partial charge in [0.1, 0.15) is 29.3 Å². The maximum Gasteiger partial charge on any atom is 0.431 e. The highest BCUT2D eigenvalue weighted by atomic mass is 35.5. The summed E-state index contributed by atoms with van der Waals surface area (Å²) in [5.41, 5.74) is -8.25. The summed E-state index contributed by atoms with van der Waals surface area (Å²) in [7, 11) is 0. The first kappa shape index (κ1) is 28.0. The van der Waals surface area contributed by atoms with Gasteiger partial charge in [0.15, 0.2) is 0 Å². The van der Waals surface area contributed by atoms with Crippen molar-refractivity contribution in [3.8, 4) is 17.4 Å². The number of benzene rings is 1. The number of hydrogen-bond donors (Lipinski definition) is 2. The number of aromatic nitrogens is 3. The van der Waals surface area contributed by atoms with E-state index in [1.165, 1.54) is 0 Å². The molecule has 5 aliphatic heterocycles. The van der Waals surface area contributed by atoms with E-state index in [2.05, 4.69) is 15.3 Å². The molecule has 2 N–H and O–H groups in total. The van der Waals surface area contributed by atoms with Crippen molar-refractivity contribution in [2.45, 2.75) is 68.5 Å². The summed E-state index contributed by atoms with van der Waals surface area (Å²) in [6, 6.07) is 0.464. The van der Waals surface area contributed by atoms with Crippen molar-refractivity contribution >= 4 is 28.3 Å². The van der Waals surface area contributed by atoms with Crippen LogP contribution in [0.4, 0.5) is 32.2 Å². The number of rotatable bonds is 5. The van der Waals surface area contributed by atoms with E-state index in [1.54, 1.807) is 4.90 Å². The van der Waals surface area contributed by atoms with Gasteiger partial charge < -0.3 is 20.1 Å². The van der Waals surface area contributed by atoms with Crippen molar-refractivity contribution in [2.24, 2.45) is 0 Å². The molecule has 242 valence electrons. The van der Waals surface area contributed by atoms with Crippen LogP contribution in [0.2, 0.25) is 5.02 Å². The SMILES string of the molecule is [2H]C([2H])(Oc1nc(N2CC3CCC2CN3)c2cc(C(F)(F)F)n(-c3cc(O)cc(Cl)c3C(F)(F)F)c(=O)c2n1)C12CCCN1CCC2. The Balaban J connectivity index is 1.50. The lowest BCUT2D eigenvalue weighted by atomic mass is 9.93. The summed E-state index contributed by atoms with van der Waals surface area (Å²) in [4.78, 5) is 26.3. The Kier molecular flexibility index (Phi) is 6.60. The first-order valence-electron chi connectivity index (χ1n) is 15.6. The van der Waals surface area contributed by atoms with Crippen molar-refractivity contribution in [2.75, 3.05) is 37.6 Å². The zero-order valence-corrected chi connectivity index (χ0v) is 24.4. The molecule has 0 aliphatic carbocycles. The average Bonchev–Trinajstić information content (AvgIpc) is 3.59. The molecule has 0 saturated carbocycles. The van der Waals surface area contributed by atoms with Crippen molar-refractivity contribution in [3.05, 3.63) is 44.8 Å². The molecule has 5 fully saturated rings. The molecular weight excluding hydrogens is 630 g/mol. The van der Waals surface area contributed by atoms with Gasteiger partial charge in [0, 0.05) is 31.2 Å². The Labute approximate surface area is 260 Å². The normalized spacial score (nSPS) is 24.2. The van der Waals surface area contributed by atoms with Gasteiger partial charge in [-0.2, -0.15) is 36.3 Å². The minimum Gasteiger partial charge on any atom is -0.508 e. The van der Waals surface area contributed by atoms with Crippen LogP contribution in [0.15, 0.2) is 23.0 Å². The lowest BCUT2D eigenvalue weighted by molar-refractivity contribution is -0.144. The minimum absolute atomic E-state index is 0.0449. The molecule has 2 atom stereocenters. The van der Waals surface area contributed by atoms with E-state index < -0.39 is 69.3 Å². The van der Waals surface area contributed by atoms with E-state index in [-0.39, 0.29) is 27.9 Å². The fourth-order valence-electron chi connectivity index (χ4n) is 7.28. The van der Waals surface area contributed by atoms with Gasteiger partial charge in [-0.25, -0.2) is 0 Å². The topological polar surface area (TPSA) is 95.8 Å². The number of piperidine rings is 2. The third-order valence-electron chi connectivity index (χ3n) is 9.30. The Morgan fingerprint density at radius 2 is 1.82 bits per heavy atom. The number of ether oxygens (including phenoxy) is 1. The van der Waals surface area contributed by atoms with Crippen LogP contribution in [0, 0.1) is 0 Å². The zero-order chi connectivity index (χ0) is 33.7. The molecule has 0 radical (unpaired) electrons. The number of anilines is 1. The third-order valence-corrected chi connectivity index (χ3v) is 9.59. The Bertz CT molecular complexity index is 1800. The number of phenols is 1. The number of fused-ring (bicyclic) bond motifs is 5. The summed E-state index contributed by atoms with van der Waals surface area (Å²) < 4.78 is 110. The molecule has 2 bridgehead atoms. The monoisotopic (exact) mass is 660 g/mol. The molecule has 0 spiro atoms. The molecule has 16 heteroatoms. The van der Waals surface area contributed by atoms with Gasteiger partial charge in [0.05, 0.1) is 29.9 Å². The zero-order valence-electron chi connectivity index (χ0n) is 25.6. The third kappa shape index (κ3) is 5.16.